The first kappa shape index (κ1) is 21.5. The van der Waals surface area contributed by atoms with Gasteiger partial charge in [0.2, 0.25) is 0 Å². The van der Waals surface area contributed by atoms with E-state index in [1.807, 2.05) is 23.9 Å². The standard InChI is InChI=1S/C24H28ClN3OS/c1-17-8-20(15-28(17)7-6-18-9-19(12-26)11-21(25)10-18)16-29-22-2-4-23(5-3-22)30-24-13-27-14-24/h2-5,9-11,17,20,24,27H,6-8,13-16H2,1H3. The van der Waals surface area contributed by atoms with Crippen LogP contribution in [0.2, 0.25) is 5.02 Å². The number of hydrogen-bond acceptors (Lipinski definition) is 5. The second-order valence-corrected chi connectivity index (χ2v) is 10.1. The Kier molecular flexibility index (Phi) is 7.22. The Labute approximate surface area is 188 Å². The molecule has 1 N–H and O–H groups in total. The number of halogens is 1. The minimum absolute atomic E-state index is 0.545. The van der Waals surface area contributed by atoms with Crippen LogP contribution in [0.25, 0.3) is 0 Å². The van der Waals surface area contributed by atoms with Crippen LogP contribution in [0.4, 0.5) is 0 Å². The molecule has 2 fully saturated rings. The Bertz CT molecular complexity index is 894. The average molecular weight is 442 g/mol. The lowest BCUT2D eigenvalue weighted by Crippen LogP contribution is -2.44. The van der Waals surface area contributed by atoms with Crippen LogP contribution in [0, 0.1) is 17.2 Å². The zero-order valence-corrected chi connectivity index (χ0v) is 18.9. The highest BCUT2D eigenvalue weighted by molar-refractivity contribution is 8.00. The van der Waals surface area contributed by atoms with Crippen molar-refractivity contribution in [2.75, 3.05) is 32.8 Å². The minimum atomic E-state index is 0.545. The van der Waals surface area contributed by atoms with E-state index < -0.39 is 0 Å². The summed E-state index contributed by atoms with van der Waals surface area (Å²) in [5, 5.41) is 13.8. The quantitative estimate of drug-likeness (QED) is 0.648. The monoisotopic (exact) mass is 441 g/mol. The Hall–Kier alpha value is -1.71. The van der Waals surface area contributed by atoms with Crippen LogP contribution in [0.3, 0.4) is 0 Å². The number of benzene rings is 2. The Balaban J connectivity index is 1.23. The molecule has 0 aliphatic carbocycles. The molecule has 2 aromatic rings. The van der Waals surface area contributed by atoms with Crippen molar-refractivity contribution in [2.45, 2.75) is 36.0 Å². The smallest absolute Gasteiger partial charge is 0.119 e. The second kappa shape index (κ2) is 10.1. The molecule has 0 radical (unpaired) electrons. The summed E-state index contributed by atoms with van der Waals surface area (Å²) in [7, 11) is 0. The van der Waals surface area contributed by atoms with Crippen molar-refractivity contribution in [3.05, 3.63) is 58.6 Å². The third kappa shape index (κ3) is 5.70. The largest absolute Gasteiger partial charge is 0.493 e. The molecule has 2 saturated heterocycles. The molecule has 4 nitrogen and oxygen atoms in total. The Morgan fingerprint density at radius 2 is 2.03 bits per heavy atom. The first-order valence-electron chi connectivity index (χ1n) is 10.6. The highest BCUT2D eigenvalue weighted by Crippen LogP contribution is 2.28. The van der Waals surface area contributed by atoms with Crippen LogP contribution in [-0.4, -0.2) is 49.0 Å². The number of hydrogen-bond donors (Lipinski definition) is 1. The van der Waals surface area contributed by atoms with Crippen LogP contribution in [-0.2, 0) is 6.42 Å². The summed E-state index contributed by atoms with van der Waals surface area (Å²) >= 11 is 8.07. The molecular weight excluding hydrogens is 414 g/mol. The van der Waals surface area contributed by atoms with Crippen molar-refractivity contribution in [2.24, 2.45) is 5.92 Å². The third-order valence-corrected chi connectivity index (χ3v) is 7.35. The molecule has 2 aromatic carbocycles. The molecule has 0 amide bonds. The Morgan fingerprint density at radius 1 is 1.23 bits per heavy atom. The van der Waals surface area contributed by atoms with Crippen molar-refractivity contribution in [1.82, 2.24) is 10.2 Å². The lowest BCUT2D eigenvalue weighted by Gasteiger charge is -2.26. The number of rotatable bonds is 8. The fourth-order valence-corrected chi connectivity index (χ4v) is 5.49. The molecule has 2 heterocycles. The van der Waals surface area contributed by atoms with Crippen LogP contribution < -0.4 is 10.1 Å². The molecule has 4 rings (SSSR count). The predicted octanol–water partition coefficient (Wildman–Crippen LogP) is 4.61. The lowest BCUT2D eigenvalue weighted by molar-refractivity contribution is 0.234. The maximum Gasteiger partial charge on any atom is 0.119 e. The van der Waals surface area contributed by atoms with E-state index in [0.717, 1.165) is 56.9 Å². The summed E-state index contributed by atoms with van der Waals surface area (Å²) in [5.41, 5.74) is 1.76. The van der Waals surface area contributed by atoms with Crippen molar-refractivity contribution >= 4 is 23.4 Å². The van der Waals surface area contributed by atoms with Gasteiger partial charge < -0.3 is 10.1 Å². The SMILES string of the molecule is CC1CC(COc2ccc(SC3CNC3)cc2)CN1CCc1cc(Cl)cc(C#N)c1. The van der Waals surface area contributed by atoms with E-state index >= 15 is 0 Å². The zero-order valence-electron chi connectivity index (χ0n) is 17.3. The van der Waals surface area contributed by atoms with E-state index in [1.54, 1.807) is 6.07 Å². The van der Waals surface area contributed by atoms with Gasteiger partial charge in [0.25, 0.3) is 0 Å². The molecular formula is C24H28ClN3OS. The van der Waals surface area contributed by atoms with Gasteiger partial charge in [0.05, 0.1) is 18.2 Å². The number of thioether (sulfide) groups is 1. The van der Waals surface area contributed by atoms with Crippen molar-refractivity contribution in [3.63, 3.8) is 0 Å². The van der Waals surface area contributed by atoms with Gasteiger partial charge in [-0.25, -0.2) is 0 Å². The van der Waals surface area contributed by atoms with Gasteiger partial charge in [-0.15, -0.1) is 11.8 Å². The molecule has 0 saturated carbocycles. The van der Waals surface area contributed by atoms with E-state index in [0.29, 0.717) is 27.8 Å². The maximum atomic E-state index is 9.13. The predicted molar refractivity (Wildman–Crippen MR) is 123 cm³/mol. The van der Waals surface area contributed by atoms with Gasteiger partial charge in [-0.2, -0.15) is 5.26 Å². The average Bonchev–Trinajstić information content (AvgIpc) is 3.07. The minimum Gasteiger partial charge on any atom is -0.493 e. The number of nitrogens with one attached hydrogen (secondary N) is 1. The van der Waals surface area contributed by atoms with Gasteiger partial charge in [-0.3, -0.25) is 4.90 Å². The van der Waals surface area contributed by atoms with E-state index in [-0.39, 0.29) is 0 Å². The highest BCUT2D eigenvalue weighted by atomic mass is 35.5. The summed E-state index contributed by atoms with van der Waals surface area (Å²) in [4.78, 5) is 3.84. The molecule has 2 atom stereocenters. The molecule has 2 aliphatic rings. The molecule has 158 valence electrons. The van der Waals surface area contributed by atoms with Crippen molar-refractivity contribution < 1.29 is 4.74 Å². The highest BCUT2D eigenvalue weighted by Gasteiger charge is 2.29. The zero-order chi connectivity index (χ0) is 20.9. The molecule has 2 aliphatic heterocycles. The first-order valence-corrected chi connectivity index (χ1v) is 11.9. The normalized spacial score (nSPS) is 21.9. The first-order chi connectivity index (χ1) is 14.6. The van der Waals surface area contributed by atoms with Crippen molar-refractivity contribution in [3.8, 4) is 11.8 Å². The number of likely N-dealkylation sites (tertiary alicyclic amines) is 1. The molecule has 2 unspecified atom stereocenters. The van der Waals surface area contributed by atoms with E-state index in [1.165, 1.54) is 4.90 Å². The van der Waals surface area contributed by atoms with Crippen LogP contribution in [0.15, 0.2) is 47.4 Å². The van der Waals surface area contributed by atoms with E-state index in [2.05, 4.69) is 47.5 Å². The topological polar surface area (TPSA) is 48.3 Å². The van der Waals surface area contributed by atoms with Gasteiger partial charge in [0.1, 0.15) is 5.75 Å². The fourth-order valence-electron chi connectivity index (χ4n) is 4.15. The van der Waals surface area contributed by atoms with Crippen LogP contribution >= 0.6 is 23.4 Å². The number of nitriles is 1. The van der Waals surface area contributed by atoms with E-state index in [9.17, 15) is 0 Å². The summed E-state index contributed by atoms with van der Waals surface area (Å²) in [5.74, 6) is 1.50. The number of nitrogens with zero attached hydrogens (tertiary/aromatic N) is 2. The molecule has 30 heavy (non-hydrogen) atoms. The second-order valence-electron chi connectivity index (χ2n) is 8.34. The maximum absolute atomic E-state index is 9.13. The Morgan fingerprint density at radius 3 is 2.73 bits per heavy atom. The van der Waals surface area contributed by atoms with Crippen molar-refractivity contribution in [1.29, 1.82) is 5.26 Å². The van der Waals surface area contributed by atoms with Gasteiger partial charge in [-0.1, -0.05) is 11.6 Å². The summed E-state index contributed by atoms with van der Waals surface area (Å²) in [6.45, 7) is 7.29. The summed E-state index contributed by atoms with van der Waals surface area (Å²) in [6.07, 6.45) is 2.06. The van der Waals surface area contributed by atoms with Gasteiger partial charge >= 0.3 is 0 Å². The molecule has 0 bridgehead atoms. The molecule has 0 spiro atoms. The van der Waals surface area contributed by atoms with Gasteiger partial charge in [0.15, 0.2) is 0 Å². The summed E-state index contributed by atoms with van der Waals surface area (Å²) in [6, 6.07) is 16.9. The number of ether oxygens (including phenoxy) is 1. The molecule has 6 heteroatoms. The van der Waals surface area contributed by atoms with Crippen LogP contribution in [0.1, 0.15) is 24.5 Å². The van der Waals surface area contributed by atoms with E-state index in [4.69, 9.17) is 21.6 Å². The van der Waals surface area contributed by atoms with Gasteiger partial charge in [0, 0.05) is 53.3 Å². The third-order valence-electron chi connectivity index (χ3n) is 5.92. The summed E-state index contributed by atoms with van der Waals surface area (Å²) < 4.78 is 6.09. The van der Waals surface area contributed by atoms with Crippen LogP contribution in [0.5, 0.6) is 5.75 Å². The lowest BCUT2D eigenvalue weighted by atomic mass is 10.1. The van der Waals surface area contributed by atoms with Gasteiger partial charge in [-0.05, 0) is 67.8 Å². The fraction of sp³-hybridized carbons (Fsp3) is 0.458. The molecule has 0 aromatic heterocycles.